The summed E-state index contributed by atoms with van der Waals surface area (Å²) in [7, 11) is -4.39. The molecule has 1 aliphatic heterocycles. The van der Waals surface area contributed by atoms with Gasteiger partial charge in [0.25, 0.3) is 10.0 Å². The highest BCUT2D eigenvalue weighted by Gasteiger charge is 2.31. The lowest BCUT2D eigenvalue weighted by atomic mass is 9.86. The van der Waals surface area contributed by atoms with Gasteiger partial charge in [0.05, 0.1) is 16.2 Å². The van der Waals surface area contributed by atoms with Gasteiger partial charge < -0.3 is 0 Å². The molecule has 0 amide bonds. The summed E-state index contributed by atoms with van der Waals surface area (Å²) in [4.78, 5) is -0.413. The van der Waals surface area contributed by atoms with Gasteiger partial charge in [0.15, 0.2) is 0 Å². The van der Waals surface area contributed by atoms with Gasteiger partial charge in [-0.15, -0.1) is 4.40 Å². The summed E-state index contributed by atoms with van der Waals surface area (Å²) in [5.41, 5.74) is 3.75. The first kappa shape index (κ1) is 25.7. The second-order valence-electron chi connectivity index (χ2n) is 7.92. The number of sulfonamides is 1. The van der Waals surface area contributed by atoms with E-state index in [9.17, 15) is 21.6 Å². The molecule has 0 aromatic heterocycles. The van der Waals surface area contributed by atoms with E-state index < -0.39 is 26.7 Å². The number of guanidine groups is 1. The van der Waals surface area contributed by atoms with E-state index in [2.05, 4.69) is 14.9 Å². The molecule has 4 rings (SSSR count). The lowest BCUT2D eigenvalue weighted by Crippen LogP contribution is -2.46. The lowest BCUT2D eigenvalue weighted by molar-refractivity contribution is -0.137. The average molecular weight is 536 g/mol. The lowest BCUT2D eigenvalue weighted by Gasteiger charge is -2.31. The van der Waals surface area contributed by atoms with Crippen molar-refractivity contribution in [2.24, 2.45) is 15.3 Å². The standard InChI is InChI=1S/C24H21ClF3N5O2S/c25-19-10-6-17(7-11-19)22-21(16-4-2-1-3-5-16)14-15-33(31-22)23(30-29)32-36(34,35)20-12-8-18(9-13-20)24(26,27)28/h1-13,21H,14-15,29H2,(H,30,32). The van der Waals surface area contributed by atoms with Gasteiger partial charge in [-0.05, 0) is 53.9 Å². The molecule has 36 heavy (non-hydrogen) atoms. The Morgan fingerprint density at radius 2 is 1.67 bits per heavy atom. The summed E-state index contributed by atoms with van der Waals surface area (Å²) < 4.78 is 67.9. The Labute approximate surface area is 211 Å². The first-order valence-corrected chi connectivity index (χ1v) is 12.6. The van der Waals surface area contributed by atoms with Crippen molar-refractivity contribution in [3.05, 3.63) is 101 Å². The zero-order valence-corrected chi connectivity index (χ0v) is 20.2. The minimum atomic E-state index is -4.59. The van der Waals surface area contributed by atoms with Crippen LogP contribution in [0.1, 0.15) is 29.0 Å². The van der Waals surface area contributed by atoms with E-state index in [4.69, 9.17) is 17.4 Å². The minimum Gasteiger partial charge on any atom is -0.292 e. The van der Waals surface area contributed by atoms with Crippen molar-refractivity contribution in [2.45, 2.75) is 23.4 Å². The van der Waals surface area contributed by atoms with Gasteiger partial charge in [-0.25, -0.2) is 10.9 Å². The molecule has 0 fully saturated rings. The van der Waals surface area contributed by atoms with Crippen molar-refractivity contribution in [1.82, 2.24) is 10.4 Å². The predicted octanol–water partition coefficient (Wildman–Crippen LogP) is 4.76. The van der Waals surface area contributed by atoms with Crippen molar-refractivity contribution < 1.29 is 21.6 Å². The van der Waals surface area contributed by atoms with Crippen LogP contribution in [0.2, 0.25) is 5.02 Å². The van der Waals surface area contributed by atoms with Crippen LogP contribution in [-0.4, -0.2) is 31.6 Å². The smallest absolute Gasteiger partial charge is 0.292 e. The SMILES string of the molecule is NN/C(=N\S(=O)(=O)c1ccc(C(F)(F)F)cc1)N1CCC(c2ccccc2)C(c2ccc(Cl)cc2)=N1. The molecule has 3 aromatic carbocycles. The summed E-state index contributed by atoms with van der Waals surface area (Å²) in [6, 6.07) is 19.9. The first-order valence-electron chi connectivity index (χ1n) is 10.7. The third-order valence-corrected chi connectivity index (χ3v) is 7.12. The number of hydrogen-bond donors (Lipinski definition) is 2. The molecular weight excluding hydrogens is 515 g/mol. The van der Waals surface area contributed by atoms with Crippen LogP contribution >= 0.6 is 11.6 Å². The average Bonchev–Trinajstić information content (AvgIpc) is 2.87. The Hall–Kier alpha value is -3.41. The van der Waals surface area contributed by atoms with E-state index in [0.29, 0.717) is 29.3 Å². The highest BCUT2D eigenvalue weighted by atomic mass is 35.5. The maximum Gasteiger partial charge on any atom is 0.416 e. The number of hydrazone groups is 1. The molecule has 1 unspecified atom stereocenters. The molecule has 3 N–H and O–H groups in total. The molecule has 188 valence electrons. The van der Waals surface area contributed by atoms with Gasteiger partial charge in [0.1, 0.15) is 0 Å². The number of halogens is 4. The summed E-state index contributed by atoms with van der Waals surface area (Å²) in [5, 5.41) is 6.53. The minimum absolute atomic E-state index is 0.0887. The van der Waals surface area contributed by atoms with Crippen LogP contribution in [0.3, 0.4) is 0 Å². The Morgan fingerprint density at radius 1 is 1.03 bits per heavy atom. The van der Waals surface area contributed by atoms with Crippen LogP contribution in [0, 0.1) is 0 Å². The number of benzene rings is 3. The molecule has 0 saturated carbocycles. The fourth-order valence-corrected chi connectivity index (χ4v) is 4.90. The summed E-state index contributed by atoms with van der Waals surface area (Å²) in [5.74, 6) is 5.24. The summed E-state index contributed by atoms with van der Waals surface area (Å²) in [6.45, 7) is 0.280. The van der Waals surface area contributed by atoms with Crippen LogP contribution in [0.4, 0.5) is 13.2 Å². The molecule has 0 bridgehead atoms. The maximum atomic E-state index is 12.8. The Kier molecular flexibility index (Phi) is 7.34. The second kappa shape index (κ2) is 10.3. The third-order valence-electron chi connectivity index (χ3n) is 5.59. The number of nitrogens with zero attached hydrogens (tertiary/aromatic N) is 3. The molecule has 1 aliphatic rings. The Morgan fingerprint density at radius 3 is 2.25 bits per heavy atom. The van der Waals surface area contributed by atoms with E-state index in [-0.39, 0.29) is 18.4 Å². The van der Waals surface area contributed by atoms with Crippen molar-refractivity contribution in [2.75, 3.05) is 6.54 Å². The second-order valence-corrected chi connectivity index (χ2v) is 9.96. The fraction of sp³-hybridized carbons (Fsp3) is 0.167. The monoisotopic (exact) mass is 535 g/mol. The van der Waals surface area contributed by atoms with E-state index in [0.717, 1.165) is 23.3 Å². The van der Waals surface area contributed by atoms with Gasteiger partial charge in [-0.3, -0.25) is 5.43 Å². The van der Waals surface area contributed by atoms with E-state index >= 15 is 0 Å². The molecule has 0 aliphatic carbocycles. The highest BCUT2D eigenvalue weighted by Crippen LogP contribution is 2.31. The Bertz CT molecular complexity index is 1380. The number of alkyl halides is 3. The molecule has 7 nitrogen and oxygen atoms in total. The topological polar surface area (TPSA) is 100 Å². The van der Waals surface area contributed by atoms with Crippen molar-refractivity contribution >= 4 is 33.3 Å². The van der Waals surface area contributed by atoms with Crippen LogP contribution in [0.5, 0.6) is 0 Å². The third kappa shape index (κ3) is 5.69. The summed E-state index contributed by atoms with van der Waals surface area (Å²) in [6.07, 6.45) is -4.03. The van der Waals surface area contributed by atoms with Gasteiger partial charge >= 0.3 is 6.18 Å². The molecule has 0 radical (unpaired) electrons. The van der Waals surface area contributed by atoms with E-state index in [1.807, 2.05) is 42.5 Å². The predicted molar refractivity (Wildman–Crippen MR) is 132 cm³/mol. The van der Waals surface area contributed by atoms with Crippen molar-refractivity contribution in [1.29, 1.82) is 0 Å². The van der Waals surface area contributed by atoms with Crippen LogP contribution in [-0.2, 0) is 16.2 Å². The van der Waals surface area contributed by atoms with Gasteiger partial charge in [0, 0.05) is 17.5 Å². The van der Waals surface area contributed by atoms with Crippen LogP contribution in [0.25, 0.3) is 0 Å². The van der Waals surface area contributed by atoms with Crippen molar-refractivity contribution in [3.63, 3.8) is 0 Å². The molecular formula is C24H21ClF3N5O2S. The zero-order valence-electron chi connectivity index (χ0n) is 18.7. The normalized spacial score (nSPS) is 17.0. The molecule has 0 spiro atoms. The first-order chi connectivity index (χ1) is 17.1. The molecule has 0 saturated heterocycles. The molecule has 3 aromatic rings. The molecule has 1 atom stereocenters. The van der Waals surface area contributed by atoms with Gasteiger partial charge in [-0.2, -0.15) is 26.7 Å². The maximum absolute atomic E-state index is 12.8. The quantitative estimate of drug-likeness (QED) is 0.217. The van der Waals surface area contributed by atoms with Crippen LogP contribution < -0.4 is 11.3 Å². The number of rotatable bonds is 4. The van der Waals surface area contributed by atoms with E-state index in [1.54, 1.807) is 12.1 Å². The van der Waals surface area contributed by atoms with Gasteiger partial charge in [0.2, 0.25) is 5.96 Å². The zero-order chi connectivity index (χ0) is 25.9. The number of hydrazine groups is 1. The Balaban J connectivity index is 1.71. The van der Waals surface area contributed by atoms with E-state index in [1.165, 1.54) is 5.01 Å². The van der Waals surface area contributed by atoms with Crippen LogP contribution in [0.15, 0.2) is 93.3 Å². The summed E-state index contributed by atoms with van der Waals surface area (Å²) >= 11 is 6.05. The molecule has 12 heteroatoms. The number of nitrogens with two attached hydrogens (primary N) is 1. The highest BCUT2D eigenvalue weighted by molar-refractivity contribution is 7.90. The fourth-order valence-electron chi connectivity index (χ4n) is 3.81. The number of hydrogen-bond acceptors (Lipinski definition) is 4. The largest absolute Gasteiger partial charge is 0.416 e. The van der Waals surface area contributed by atoms with Gasteiger partial charge in [-0.1, -0.05) is 54.1 Å². The number of nitrogens with one attached hydrogen (secondary N) is 1. The van der Waals surface area contributed by atoms with Crippen molar-refractivity contribution in [3.8, 4) is 0 Å². The molecule has 1 heterocycles.